The van der Waals surface area contributed by atoms with E-state index in [2.05, 4.69) is 20.2 Å². The number of benzene rings is 1. The topological polar surface area (TPSA) is 58.1 Å². The lowest BCUT2D eigenvalue weighted by Crippen LogP contribution is -2.26. The molecule has 1 amide bonds. The van der Waals surface area contributed by atoms with Crippen LogP contribution < -0.4 is 10.2 Å². The van der Waals surface area contributed by atoms with Crippen LogP contribution >= 0.6 is 11.6 Å². The number of aryl methyl sites for hydroxylation is 2. The quantitative estimate of drug-likeness (QED) is 0.884. The summed E-state index contributed by atoms with van der Waals surface area (Å²) in [4.78, 5) is 23.8. The molecular weight excluding hydrogens is 336 g/mol. The van der Waals surface area contributed by atoms with Crippen molar-refractivity contribution in [3.8, 4) is 0 Å². The molecule has 0 radical (unpaired) electrons. The Labute approximate surface area is 153 Å². The molecule has 0 aliphatic carbocycles. The molecule has 1 fully saturated rings. The first-order valence-electron chi connectivity index (χ1n) is 8.71. The standard InChI is InChI=1S/C19H23ClN4O/c1-13-7-8-15(20)11-16(13)23-19(25)17-12-18(22-14(2)21-17)24-9-5-3-4-6-10-24/h7-8,11-12H,3-6,9-10H2,1-2H3,(H,23,25). The summed E-state index contributed by atoms with van der Waals surface area (Å²) in [5.74, 6) is 1.20. The molecule has 1 aliphatic rings. The summed E-state index contributed by atoms with van der Waals surface area (Å²) in [7, 11) is 0. The largest absolute Gasteiger partial charge is 0.356 e. The van der Waals surface area contributed by atoms with Crippen LogP contribution in [0.15, 0.2) is 24.3 Å². The predicted octanol–water partition coefficient (Wildman–Crippen LogP) is 4.38. The van der Waals surface area contributed by atoms with Gasteiger partial charge in [-0.2, -0.15) is 0 Å². The molecule has 3 rings (SSSR count). The van der Waals surface area contributed by atoms with E-state index in [1.807, 2.05) is 19.9 Å². The zero-order valence-electron chi connectivity index (χ0n) is 14.7. The van der Waals surface area contributed by atoms with Crippen LogP contribution in [0.5, 0.6) is 0 Å². The Kier molecular flexibility index (Phi) is 5.53. The molecule has 0 unspecified atom stereocenters. The van der Waals surface area contributed by atoms with E-state index in [1.165, 1.54) is 12.8 Å². The van der Waals surface area contributed by atoms with Gasteiger partial charge in [0.2, 0.25) is 0 Å². The van der Waals surface area contributed by atoms with E-state index in [0.29, 0.717) is 22.2 Å². The normalized spacial score (nSPS) is 14.9. The van der Waals surface area contributed by atoms with Crippen LogP contribution in [0.3, 0.4) is 0 Å². The van der Waals surface area contributed by atoms with Gasteiger partial charge in [0.25, 0.3) is 5.91 Å². The van der Waals surface area contributed by atoms with Crippen molar-refractivity contribution in [3.05, 3.63) is 46.4 Å². The van der Waals surface area contributed by atoms with Crippen LogP contribution in [0.25, 0.3) is 0 Å². The van der Waals surface area contributed by atoms with Gasteiger partial charge in [-0.25, -0.2) is 9.97 Å². The first-order chi connectivity index (χ1) is 12.0. The van der Waals surface area contributed by atoms with Gasteiger partial charge in [0.1, 0.15) is 17.3 Å². The molecule has 0 spiro atoms. The molecule has 1 N–H and O–H groups in total. The second-order valence-corrected chi connectivity index (χ2v) is 6.91. The fourth-order valence-electron chi connectivity index (χ4n) is 3.05. The van der Waals surface area contributed by atoms with Crippen molar-refractivity contribution < 1.29 is 4.79 Å². The average Bonchev–Trinajstić information content (AvgIpc) is 2.87. The number of nitrogens with one attached hydrogen (secondary N) is 1. The minimum atomic E-state index is -0.244. The second-order valence-electron chi connectivity index (χ2n) is 6.47. The van der Waals surface area contributed by atoms with Crippen LogP contribution in [-0.4, -0.2) is 29.0 Å². The van der Waals surface area contributed by atoms with Gasteiger partial charge in [-0.15, -0.1) is 0 Å². The lowest BCUT2D eigenvalue weighted by molar-refractivity contribution is 0.102. The summed E-state index contributed by atoms with van der Waals surface area (Å²) < 4.78 is 0. The van der Waals surface area contributed by atoms with E-state index >= 15 is 0 Å². The van der Waals surface area contributed by atoms with Crippen molar-refractivity contribution in [1.82, 2.24) is 9.97 Å². The molecular formula is C19H23ClN4O. The van der Waals surface area contributed by atoms with Crippen molar-refractivity contribution in [1.29, 1.82) is 0 Å². The van der Waals surface area contributed by atoms with E-state index in [9.17, 15) is 4.79 Å². The van der Waals surface area contributed by atoms with Crippen molar-refractivity contribution in [3.63, 3.8) is 0 Å². The Morgan fingerprint density at radius 1 is 1.08 bits per heavy atom. The number of anilines is 2. The third-order valence-corrected chi connectivity index (χ3v) is 4.67. The molecule has 1 aromatic carbocycles. The highest BCUT2D eigenvalue weighted by Gasteiger charge is 2.16. The number of carbonyl (C=O) groups is 1. The van der Waals surface area contributed by atoms with Gasteiger partial charge < -0.3 is 10.2 Å². The minimum Gasteiger partial charge on any atom is -0.356 e. The third-order valence-electron chi connectivity index (χ3n) is 4.43. The molecule has 0 atom stereocenters. The van der Waals surface area contributed by atoms with Crippen LogP contribution in [0, 0.1) is 13.8 Å². The van der Waals surface area contributed by atoms with Gasteiger partial charge in [0, 0.05) is 29.9 Å². The number of halogens is 1. The van der Waals surface area contributed by atoms with Crippen molar-refractivity contribution in [2.24, 2.45) is 0 Å². The SMILES string of the molecule is Cc1nc(C(=O)Nc2cc(Cl)ccc2C)cc(N2CCCCCC2)n1. The highest BCUT2D eigenvalue weighted by atomic mass is 35.5. The highest BCUT2D eigenvalue weighted by Crippen LogP contribution is 2.22. The van der Waals surface area contributed by atoms with Crippen molar-refractivity contribution in [2.45, 2.75) is 39.5 Å². The van der Waals surface area contributed by atoms with E-state index in [0.717, 1.165) is 37.3 Å². The number of carbonyl (C=O) groups excluding carboxylic acids is 1. The highest BCUT2D eigenvalue weighted by molar-refractivity contribution is 6.31. The monoisotopic (exact) mass is 358 g/mol. The van der Waals surface area contributed by atoms with Gasteiger partial charge in [-0.05, 0) is 44.4 Å². The molecule has 5 nitrogen and oxygen atoms in total. The van der Waals surface area contributed by atoms with E-state index in [1.54, 1.807) is 18.2 Å². The predicted molar refractivity (Wildman–Crippen MR) is 102 cm³/mol. The average molecular weight is 359 g/mol. The smallest absolute Gasteiger partial charge is 0.274 e. The maximum absolute atomic E-state index is 12.7. The summed E-state index contributed by atoms with van der Waals surface area (Å²) >= 11 is 6.03. The fraction of sp³-hybridized carbons (Fsp3) is 0.421. The van der Waals surface area contributed by atoms with Gasteiger partial charge in [0.05, 0.1) is 0 Å². The first-order valence-corrected chi connectivity index (χ1v) is 9.09. The van der Waals surface area contributed by atoms with E-state index < -0.39 is 0 Å². The number of hydrogen-bond donors (Lipinski definition) is 1. The number of rotatable bonds is 3. The Balaban J connectivity index is 1.83. The second kappa shape index (κ2) is 7.83. The molecule has 2 heterocycles. The molecule has 132 valence electrons. The number of amides is 1. The van der Waals surface area contributed by atoms with Crippen molar-refractivity contribution >= 4 is 29.0 Å². The Morgan fingerprint density at radius 2 is 1.80 bits per heavy atom. The van der Waals surface area contributed by atoms with Gasteiger partial charge >= 0.3 is 0 Å². The van der Waals surface area contributed by atoms with Crippen LogP contribution in [0.2, 0.25) is 5.02 Å². The molecule has 0 bridgehead atoms. The zero-order valence-corrected chi connectivity index (χ0v) is 15.4. The summed E-state index contributed by atoms with van der Waals surface area (Å²) in [5, 5.41) is 3.49. The van der Waals surface area contributed by atoms with Crippen LogP contribution in [-0.2, 0) is 0 Å². The van der Waals surface area contributed by atoms with Crippen molar-refractivity contribution in [2.75, 3.05) is 23.3 Å². The third kappa shape index (κ3) is 4.48. The summed E-state index contributed by atoms with van der Waals surface area (Å²) in [6, 6.07) is 7.22. The summed E-state index contributed by atoms with van der Waals surface area (Å²) in [5.41, 5.74) is 2.03. The molecule has 6 heteroatoms. The van der Waals surface area contributed by atoms with Gasteiger partial charge in [-0.1, -0.05) is 30.5 Å². The van der Waals surface area contributed by atoms with Gasteiger partial charge in [0.15, 0.2) is 0 Å². The summed E-state index contributed by atoms with van der Waals surface area (Å²) in [6.45, 7) is 5.71. The lowest BCUT2D eigenvalue weighted by atomic mass is 10.2. The molecule has 1 saturated heterocycles. The number of hydrogen-bond acceptors (Lipinski definition) is 4. The lowest BCUT2D eigenvalue weighted by Gasteiger charge is -2.22. The fourth-order valence-corrected chi connectivity index (χ4v) is 3.22. The Morgan fingerprint density at radius 3 is 2.52 bits per heavy atom. The van der Waals surface area contributed by atoms with Crippen LogP contribution in [0.1, 0.15) is 47.6 Å². The first kappa shape index (κ1) is 17.7. The maximum Gasteiger partial charge on any atom is 0.274 e. The molecule has 1 aliphatic heterocycles. The maximum atomic E-state index is 12.7. The molecule has 25 heavy (non-hydrogen) atoms. The molecule has 0 saturated carbocycles. The Hall–Kier alpha value is -2.14. The van der Waals surface area contributed by atoms with E-state index in [4.69, 9.17) is 11.6 Å². The zero-order chi connectivity index (χ0) is 17.8. The van der Waals surface area contributed by atoms with Gasteiger partial charge in [-0.3, -0.25) is 4.79 Å². The Bertz CT molecular complexity index is 770. The molecule has 1 aromatic heterocycles. The minimum absolute atomic E-state index is 0.244. The van der Waals surface area contributed by atoms with E-state index in [-0.39, 0.29) is 5.91 Å². The summed E-state index contributed by atoms with van der Waals surface area (Å²) in [6.07, 6.45) is 4.82. The molecule has 2 aromatic rings. The number of aromatic nitrogens is 2. The number of nitrogens with zero attached hydrogens (tertiary/aromatic N) is 3. The van der Waals surface area contributed by atoms with Crippen LogP contribution in [0.4, 0.5) is 11.5 Å².